The molecule has 0 amide bonds. The molecule has 1 atom stereocenters. The van der Waals surface area contributed by atoms with Crippen LogP contribution in [0.4, 0.5) is 0 Å². The highest BCUT2D eigenvalue weighted by molar-refractivity contribution is 9.10. The van der Waals surface area contributed by atoms with E-state index in [1.54, 1.807) is 6.20 Å². The fourth-order valence-corrected chi connectivity index (χ4v) is 2.57. The van der Waals surface area contributed by atoms with Crippen molar-refractivity contribution in [1.82, 2.24) is 10.3 Å². The highest BCUT2D eigenvalue weighted by atomic mass is 79.9. The van der Waals surface area contributed by atoms with Gasteiger partial charge < -0.3 is 5.32 Å². The molecule has 0 fully saturated rings. The fraction of sp³-hybridized carbons (Fsp3) is 0.312. The lowest BCUT2D eigenvalue weighted by atomic mass is 10.00. The quantitative estimate of drug-likeness (QED) is 0.908. The van der Waals surface area contributed by atoms with Gasteiger partial charge in [0.25, 0.3) is 0 Å². The molecule has 3 heteroatoms. The zero-order valence-electron chi connectivity index (χ0n) is 11.6. The molecule has 1 heterocycles. The number of hydrogen-bond donors (Lipinski definition) is 1. The smallest absolute Gasteiger partial charge is 0.0410 e. The van der Waals surface area contributed by atoms with Gasteiger partial charge in [0.15, 0.2) is 0 Å². The lowest BCUT2D eigenvalue weighted by Gasteiger charge is -2.17. The number of halogens is 1. The van der Waals surface area contributed by atoms with Crippen LogP contribution in [0.1, 0.15) is 35.2 Å². The number of aromatic nitrogens is 1. The summed E-state index contributed by atoms with van der Waals surface area (Å²) >= 11 is 3.44. The van der Waals surface area contributed by atoms with Crippen LogP contribution in [0.25, 0.3) is 0 Å². The van der Waals surface area contributed by atoms with E-state index >= 15 is 0 Å². The first kappa shape index (κ1) is 14.2. The van der Waals surface area contributed by atoms with E-state index in [2.05, 4.69) is 71.3 Å². The van der Waals surface area contributed by atoms with Gasteiger partial charge >= 0.3 is 0 Å². The second-order valence-corrected chi connectivity index (χ2v) is 5.89. The van der Waals surface area contributed by atoms with Crippen LogP contribution >= 0.6 is 15.9 Å². The number of nitrogens with zero attached hydrogens (tertiary/aromatic N) is 1. The second-order valence-electron chi connectivity index (χ2n) is 4.97. The first-order chi connectivity index (χ1) is 9.06. The van der Waals surface area contributed by atoms with Crippen LogP contribution in [0.5, 0.6) is 0 Å². The molecule has 2 nitrogen and oxygen atoms in total. The average Bonchev–Trinajstić information content (AvgIpc) is 2.39. The molecule has 0 bridgehead atoms. The van der Waals surface area contributed by atoms with Crippen molar-refractivity contribution in [2.24, 2.45) is 0 Å². The van der Waals surface area contributed by atoms with Gasteiger partial charge in [-0.1, -0.05) is 23.8 Å². The lowest BCUT2D eigenvalue weighted by Crippen LogP contribution is -2.19. The van der Waals surface area contributed by atoms with Crippen molar-refractivity contribution in [3.8, 4) is 0 Å². The van der Waals surface area contributed by atoms with Gasteiger partial charge in [0.1, 0.15) is 0 Å². The Balaban J connectivity index is 2.05. The highest BCUT2D eigenvalue weighted by Gasteiger charge is 2.08. The van der Waals surface area contributed by atoms with Crippen LogP contribution in [-0.4, -0.2) is 4.98 Å². The SMILES string of the molecule is Cc1ccc(C)c(C(C)NCc2cncc(Br)c2)c1. The third-order valence-corrected chi connectivity index (χ3v) is 3.71. The predicted molar refractivity (Wildman–Crippen MR) is 83.1 cm³/mol. The van der Waals surface area contributed by atoms with E-state index in [4.69, 9.17) is 0 Å². The van der Waals surface area contributed by atoms with Crippen molar-refractivity contribution in [3.63, 3.8) is 0 Å². The minimum atomic E-state index is 0.332. The molecular formula is C16H19BrN2. The molecule has 1 unspecified atom stereocenters. The van der Waals surface area contributed by atoms with Crippen molar-refractivity contribution in [3.05, 3.63) is 63.4 Å². The van der Waals surface area contributed by atoms with Crippen molar-refractivity contribution in [2.75, 3.05) is 0 Å². The van der Waals surface area contributed by atoms with E-state index in [0.29, 0.717) is 6.04 Å². The number of aryl methyl sites for hydroxylation is 2. The summed E-state index contributed by atoms with van der Waals surface area (Å²) in [5.74, 6) is 0. The molecule has 0 aliphatic heterocycles. The van der Waals surface area contributed by atoms with Gasteiger partial charge in [-0.25, -0.2) is 0 Å². The fourth-order valence-electron chi connectivity index (χ4n) is 2.16. The summed E-state index contributed by atoms with van der Waals surface area (Å²) in [6.07, 6.45) is 3.70. The molecule has 0 radical (unpaired) electrons. The third-order valence-electron chi connectivity index (χ3n) is 3.28. The molecule has 0 spiro atoms. The van der Waals surface area contributed by atoms with E-state index in [9.17, 15) is 0 Å². The number of nitrogens with one attached hydrogen (secondary N) is 1. The van der Waals surface area contributed by atoms with Gasteiger partial charge in [0.2, 0.25) is 0 Å². The first-order valence-corrected chi connectivity index (χ1v) is 7.25. The van der Waals surface area contributed by atoms with E-state index in [1.807, 2.05) is 6.20 Å². The van der Waals surface area contributed by atoms with Crippen LogP contribution in [-0.2, 0) is 6.54 Å². The summed E-state index contributed by atoms with van der Waals surface area (Å²) in [7, 11) is 0. The Hall–Kier alpha value is -1.19. The number of pyridine rings is 1. The summed E-state index contributed by atoms with van der Waals surface area (Å²) in [4.78, 5) is 4.18. The van der Waals surface area contributed by atoms with Crippen LogP contribution in [0.15, 0.2) is 41.1 Å². The summed E-state index contributed by atoms with van der Waals surface area (Å²) in [5.41, 5.74) is 5.19. The molecule has 1 aromatic heterocycles. The maximum absolute atomic E-state index is 4.18. The zero-order valence-corrected chi connectivity index (χ0v) is 13.2. The maximum atomic E-state index is 4.18. The molecule has 0 aliphatic carbocycles. The topological polar surface area (TPSA) is 24.9 Å². The molecule has 2 rings (SSSR count). The van der Waals surface area contributed by atoms with E-state index < -0.39 is 0 Å². The van der Waals surface area contributed by atoms with Crippen LogP contribution < -0.4 is 5.32 Å². The van der Waals surface area contributed by atoms with Gasteiger partial charge in [0.05, 0.1) is 0 Å². The summed E-state index contributed by atoms with van der Waals surface area (Å²) in [5, 5.41) is 3.55. The number of benzene rings is 1. The number of hydrogen-bond acceptors (Lipinski definition) is 2. The van der Waals surface area contributed by atoms with Crippen molar-refractivity contribution >= 4 is 15.9 Å². The molecular weight excluding hydrogens is 300 g/mol. The molecule has 1 aromatic carbocycles. The summed E-state index contributed by atoms with van der Waals surface area (Å²) < 4.78 is 1.02. The van der Waals surface area contributed by atoms with Gasteiger partial charge in [-0.05, 0) is 59.5 Å². The van der Waals surface area contributed by atoms with Crippen molar-refractivity contribution in [1.29, 1.82) is 0 Å². The Bertz CT molecular complexity index is 566. The minimum Gasteiger partial charge on any atom is -0.306 e. The monoisotopic (exact) mass is 318 g/mol. The van der Waals surface area contributed by atoms with Crippen LogP contribution in [0, 0.1) is 13.8 Å². The Morgan fingerprint density at radius 2 is 2.00 bits per heavy atom. The van der Waals surface area contributed by atoms with Crippen molar-refractivity contribution < 1.29 is 0 Å². The molecule has 19 heavy (non-hydrogen) atoms. The first-order valence-electron chi connectivity index (χ1n) is 6.46. The van der Waals surface area contributed by atoms with Gasteiger partial charge in [-0.2, -0.15) is 0 Å². The van der Waals surface area contributed by atoms with Gasteiger partial charge in [-0.3, -0.25) is 4.98 Å². The molecule has 0 saturated carbocycles. The maximum Gasteiger partial charge on any atom is 0.0410 e. The molecule has 100 valence electrons. The molecule has 1 N–H and O–H groups in total. The van der Waals surface area contributed by atoms with E-state index in [0.717, 1.165) is 11.0 Å². The predicted octanol–water partition coefficient (Wildman–Crippen LogP) is 4.31. The third kappa shape index (κ3) is 3.88. The average molecular weight is 319 g/mol. The molecule has 2 aromatic rings. The highest BCUT2D eigenvalue weighted by Crippen LogP contribution is 2.19. The summed E-state index contributed by atoms with van der Waals surface area (Å²) in [6.45, 7) is 7.32. The van der Waals surface area contributed by atoms with Gasteiger partial charge in [0, 0.05) is 29.5 Å². The van der Waals surface area contributed by atoms with E-state index in [-0.39, 0.29) is 0 Å². The second kappa shape index (κ2) is 6.31. The summed E-state index contributed by atoms with van der Waals surface area (Å²) in [6, 6.07) is 9.02. The molecule has 0 saturated heterocycles. The zero-order chi connectivity index (χ0) is 13.8. The Morgan fingerprint density at radius 3 is 2.74 bits per heavy atom. The Labute approximate surface area is 123 Å². The normalized spacial score (nSPS) is 12.4. The molecule has 0 aliphatic rings. The minimum absolute atomic E-state index is 0.332. The Morgan fingerprint density at radius 1 is 1.21 bits per heavy atom. The largest absolute Gasteiger partial charge is 0.306 e. The van der Waals surface area contributed by atoms with E-state index in [1.165, 1.54) is 22.3 Å². The number of rotatable bonds is 4. The van der Waals surface area contributed by atoms with Crippen LogP contribution in [0.3, 0.4) is 0 Å². The van der Waals surface area contributed by atoms with Crippen LogP contribution in [0.2, 0.25) is 0 Å². The van der Waals surface area contributed by atoms with Crippen molar-refractivity contribution in [2.45, 2.75) is 33.4 Å². The lowest BCUT2D eigenvalue weighted by molar-refractivity contribution is 0.571. The standard InChI is InChI=1S/C16H19BrN2/c1-11-4-5-12(2)16(6-11)13(3)19-9-14-7-15(17)10-18-8-14/h4-8,10,13,19H,9H2,1-3H3. The Kier molecular flexibility index (Phi) is 4.72. The van der Waals surface area contributed by atoms with Gasteiger partial charge in [-0.15, -0.1) is 0 Å².